The Labute approximate surface area is 199 Å². The van der Waals surface area contributed by atoms with Crippen LogP contribution in [-0.4, -0.2) is 55.1 Å². The summed E-state index contributed by atoms with van der Waals surface area (Å²) in [6, 6.07) is 12.0. The van der Waals surface area contributed by atoms with E-state index in [1.54, 1.807) is 13.8 Å². The van der Waals surface area contributed by atoms with Crippen LogP contribution in [0.2, 0.25) is 0 Å². The summed E-state index contributed by atoms with van der Waals surface area (Å²) in [6.07, 6.45) is 3.13. The van der Waals surface area contributed by atoms with Crippen LogP contribution in [0.3, 0.4) is 0 Å². The maximum Gasteiger partial charge on any atom is 0.326 e. The third kappa shape index (κ3) is 3.92. The number of amides is 4. The van der Waals surface area contributed by atoms with Crippen molar-refractivity contribution in [2.75, 3.05) is 36.5 Å². The Kier molecular flexibility index (Phi) is 5.77. The molecule has 0 saturated carbocycles. The van der Waals surface area contributed by atoms with Crippen molar-refractivity contribution in [3.8, 4) is 0 Å². The molecule has 2 saturated heterocycles. The van der Waals surface area contributed by atoms with Gasteiger partial charge in [-0.15, -0.1) is 0 Å². The molecule has 8 heteroatoms. The molecule has 5 rings (SSSR count). The number of rotatable bonds is 5. The van der Waals surface area contributed by atoms with E-state index in [9.17, 15) is 14.4 Å². The number of carbonyl (C=O) groups is 3. The van der Waals surface area contributed by atoms with Crippen LogP contribution in [-0.2, 0) is 32.7 Å². The van der Waals surface area contributed by atoms with Crippen molar-refractivity contribution in [3.63, 3.8) is 0 Å². The molecule has 0 unspecified atom stereocenters. The number of urea groups is 1. The van der Waals surface area contributed by atoms with E-state index < -0.39 is 29.4 Å². The number of hydrogen-bond acceptors (Lipinski definition) is 5. The first-order valence-electron chi connectivity index (χ1n) is 11.9. The van der Waals surface area contributed by atoms with Crippen LogP contribution < -0.4 is 15.5 Å². The summed E-state index contributed by atoms with van der Waals surface area (Å²) in [5.74, 6) is -0.832. The minimum Gasteiger partial charge on any atom is -0.378 e. The third-order valence-electron chi connectivity index (χ3n) is 7.18. The average molecular weight is 463 g/mol. The predicted octanol–water partition coefficient (Wildman–Crippen LogP) is 2.81. The highest BCUT2D eigenvalue weighted by Gasteiger charge is 2.52. The van der Waals surface area contributed by atoms with Gasteiger partial charge < -0.3 is 20.3 Å². The van der Waals surface area contributed by atoms with Gasteiger partial charge in [0.25, 0.3) is 5.91 Å². The van der Waals surface area contributed by atoms with Crippen molar-refractivity contribution in [1.82, 2.24) is 10.2 Å². The molecule has 2 N–H and O–H groups in total. The van der Waals surface area contributed by atoms with Crippen molar-refractivity contribution in [3.05, 3.63) is 59.2 Å². The van der Waals surface area contributed by atoms with Crippen LogP contribution in [0, 0.1) is 0 Å². The van der Waals surface area contributed by atoms with Crippen molar-refractivity contribution in [2.45, 2.75) is 44.7 Å². The summed E-state index contributed by atoms with van der Waals surface area (Å²) in [6.45, 7) is 6.34. The summed E-state index contributed by atoms with van der Waals surface area (Å²) in [4.78, 5) is 42.5. The first-order chi connectivity index (χ1) is 16.4. The Morgan fingerprint density at radius 2 is 1.76 bits per heavy atom. The van der Waals surface area contributed by atoms with Crippen molar-refractivity contribution in [1.29, 1.82) is 0 Å². The summed E-state index contributed by atoms with van der Waals surface area (Å²) >= 11 is 0. The molecular weight excluding hydrogens is 432 g/mol. The van der Waals surface area contributed by atoms with Gasteiger partial charge in [0.2, 0.25) is 5.91 Å². The summed E-state index contributed by atoms with van der Waals surface area (Å²) in [5, 5.41) is 5.66. The van der Waals surface area contributed by atoms with Crippen LogP contribution in [0.1, 0.15) is 37.0 Å². The van der Waals surface area contributed by atoms with Gasteiger partial charge >= 0.3 is 6.03 Å². The molecular formula is C26H30N4O4. The van der Waals surface area contributed by atoms with E-state index in [0.29, 0.717) is 18.9 Å². The molecule has 8 nitrogen and oxygen atoms in total. The molecule has 0 bridgehead atoms. The number of nitrogens with zero attached hydrogens (tertiary/aromatic N) is 2. The lowest BCUT2D eigenvalue weighted by Crippen LogP contribution is -2.47. The van der Waals surface area contributed by atoms with Gasteiger partial charge in [-0.1, -0.05) is 18.2 Å². The first-order valence-corrected chi connectivity index (χ1v) is 11.9. The van der Waals surface area contributed by atoms with Gasteiger partial charge in [0.1, 0.15) is 11.6 Å². The second kappa shape index (κ2) is 8.76. The van der Waals surface area contributed by atoms with E-state index in [2.05, 4.69) is 15.5 Å². The van der Waals surface area contributed by atoms with Crippen molar-refractivity contribution < 1.29 is 19.1 Å². The van der Waals surface area contributed by atoms with Gasteiger partial charge in [-0.3, -0.25) is 9.59 Å². The minimum absolute atomic E-state index is 0.416. The number of fused-ring (bicyclic) bond motifs is 1. The maximum absolute atomic E-state index is 13.4. The number of aryl methyl sites for hydroxylation is 2. The molecule has 2 aromatic carbocycles. The van der Waals surface area contributed by atoms with Crippen LogP contribution in [0.5, 0.6) is 0 Å². The minimum atomic E-state index is -1.19. The molecule has 0 aromatic heterocycles. The van der Waals surface area contributed by atoms with E-state index in [0.717, 1.165) is 48.5 Å². The second-order valence-electron chi connectivity index (χ2n) is 9.38. The molecule has 0 spiro atoms. The number of benzene rings is 2. The number of morpholine rings is 1. The van der Waals surface area contributed by atoms with E-state index in [1.807, 2.05) is 42.5 Å². The van der Waals surface area contributed by atoms with Gasteiger partial charge in [0.15, 0.2) is 0 Å². The quantitative estimate of drug-likeness (QED) is 0.667. The Morgan fingerprint density at radius 3 is 2.50 bits per heavy atom. The van der Waals surface area contributed by atoms with E-state index >= 15 is 0 Å². The molecule has 3 aliphatic rings. The molecule has 2 aromatic rings. The Hall–Kier alpha value is -3.39. The molecule has 2 fully saturated rings. The van der Waals surface area contributed by atoms with Gasteiger partial charge in [-0.25, -0.2) is 9.69 Å². The number of carbonyl (C=O) groups excluding carboxylic acids is 3. The molecule has 2 heterocycles. The monoisotopic (exact) mass is 462 g/mol. The fourth-order valence-corrected chi connectivity index (χ4v) is 5.03. The van der Waals surface area contributed by atoms with Gasteiger partial charge in [0, 0.05) is 24.5 Å². The average Bonchev–Trinajstić information content (AvgIpc) is 3.41. The Balaban J connectivity index is 1.28. The largest absolute Gasteiger partial charge is 0.378 e. The standard InChI is InChI=1S/C26H30N4O4/c1-17(23(31)27-21-8-10-22(11-9-21)29-12-14-34-15-13-29)30-24(32)26(2,28-25(30)33)20-7-6-18-4-3-5-19(18)16-20/h6-11,16-17H,3-5,12-15H2,1-2H3,(H,27,31)(H,28,33)/t17-,26-/m1/s1. The smallest absolute Gasteiger partial charge is 0.326 e. The van der Waals surface area contributed by atoms with E-state index in [4.69, 9.17) is 4.74 Å². The number of nitrogens with one attached hydrogen (secondary N) is 2. The van der Waals surface area contributed by atoms with Crippen LogP contribution in [0.25, 0.3) is 0 Å². The zero-order valence-electron chi connectivity index (χ0n) is 19.6. The van der Waals surface area contributed by atoms with Crippen molar-refractivity contribution in [2.24, 2.45) is 0 Å². The van der Waals surface area contributed by atoms with E-state index in [1.165, 1.54) is 11.1 Å². The third-order valence-corrected chi connectivity index (χ3v) is 7.18. The fraction of sp³-hybridized carbons (Fsp3) is 0.423. The highest BCUT2D eigenvalue weighted by atomic mass is 16.5. The first kappa shape index (κ1) is 22.4. The van der Waals surface area contributed by atoms with Gasteiger partial charge in [-0.2, -0.15) is 0 Å². The summed E-state index contributed by atoms with van der Waals surface area (Å²) < 4.78 is 5.39. The van der Waals surface area contributed by atoms with Crippen LogP contribution >= 0.6 is 0 Å². The SMILES string of the molecule is C[C@H](C(=O)Nc1ccc(N2CCOCC2)cc1)N1C(=O)N[C@](C)(c2ccc3c(c2)CCC3)C1=O. The summed E-state index contributed by atoms with van der Waals surface area (Å²) in [5.41, 5.74) is 3.76. The summed E-state index contributed by atoms with van der Waals surface area (Å²) in [7, 11) is 0. The highest BCUT2D eigenvalue weighted by molar-refractivity contribution is 6.11. The number of imide groups is 1. The van der Waals surface area contributed by atoms with Gasteiger partial charge in [-0.05, 0) is 74.1 Å². The molecule has 34 heavy (non-hydrogen) atoms. The normalized spacial score (nSPS) is 23.0. The lowest BCUT2D eigenvalue weighted by molar-refractivity contribution is -0.136. The molecule has 0 radical (unpaired) electrons. The number of anilines is 2. The Morgan fingerprint density at radius 1 is 1.06 bits per heavy atom. The maximum atomic E-state index is 13.4. The Bertz CT molecular complexity index is 1130. The van der Waals surface area contributed by atoms with Crippen LogP contribution in [0.4, 0.5) is 16.2 Å². The number of ether oxygens (including phenoxy) is 1. The zero-order chi connectivity index (χ0) is 23.9. The molecule has 1 aliphatic carbocycles. The second-order valence-corrected chi connectivity index (χ2v) is 9.38. The lowest BCUT2D eigenvalue weighted by atomic mass is 9.89. The topological polar surface area (TPSA) is 91.0 Å². The fourth-order valence-electron chi connectivity index (χ4n) is 5.03. The van der Waals surface area contributed by atoms with Crippen molar-refractivity contribution >= 4 is 29.2 Å². The number of hydrogen-bond donors (Lipinski definition) is 2. The van der Waals surface area contributed by atoms with E-state index in [-0.39, 0.29) is 0 Å². The molecule has 2 atom stereocenters. The van der Waals surface area contributed by atoms with Gasteiger partial charge in [0.05, 0.1) is 13.2 Å². The highest BCUT2D eigenvalue weighted by Crippen LogP contribution is 2.33. The van der Waals surface area contributed by atoms with Crippen LogP contribution in [0.15, 0.2) is 42.5 Å². The lowest BCUT2D eigenvalue weighted by Gasteiger charge is -2.29. The molecule has 2 aliphatic heterocycles. The zero-order valence-corrected chi connectivity index (χ0v) is 19.6. The molecule has 4 amide bonds. The molecule has 178 valence electrons. The predicted molar refractivity (Wildman–Crippen MR) is 129 cm³/mol.